The number of aliphatic hydroxyl groups excluding tert-OH is 1. The average molecular weight is 238 g/mol. The first kappa shape index (κ1) is 11.9. The molecule has 1 aromatic carbocycles. The number of hydrogen-bond donors (Lipinski definition) is 1. The third-order valence-electron chi connectivity index (χ3n) is 3.45. The molecule has 1 N–H and O–H groups in total. The molecule has 1 aliphatic rings. The third-order valence-corrected chi connectivity index (χ3v) is 3.78. The van der Waals surface area contributed by atoms with E-state index in [-0.39, 0.29) is 0 Å². The van der Waals surface area contributed by atoms with E-state index in [0.29, 0.717) is 5.92 Å². The lowest BCUT2D eigenvalue weighted by Crippen LogP contribution is -2.05. The molecule has 1 aliphatic carbocycles. The minimum absolute atomic E-state index is 0.609. The van der Waals surface area contributed by atoms with Crippen LogP contribution in [0.2, 0.25) is 5.02 Å². The monoisotopic (exact) mass is 237 g/mol. The van der Waals surface area contributed by atoms with Crippen LogP contribution < -0.4 is 0 Å². The van der Waals surface area contributed by atoms with Crippen LogP contribution in [-0.2, 0) is 0 Å². The zero-order chi connectivity index (χ0) is 11.5. The molecular weight excluding hydrogens is 220 g/mol. The molecule has 0 bridgehead atoms. The molecular formula is C14H18ClO. The average Bonchev–Trinajstić information content (AvgIpc) is 2.30. The molecule has 0 saturated heterocycles. The molecule has 1 nitrogen and oxygen atoms in total. The van der Waals surface area contributed by atoms with Gasteiger partial charge in [0.05, 0.1) is 6.10 Å². The Balaban J connectivity index is 2.21. The van der Waals surface area contributed by atoms with E-state index in [1.54, 1.807) is 0 Å². The highest BCUT2D eigenvalue weighted by molar-refractivity contribution is 6.31. The summed E-state index contributed by atoms with van der Waals surface area (Å²) in [6.45, 7) is 3.59. The van der Waals surface area contributed by atoms with Crippen LogP contribution in [-0.4, -0.2) is 5.11 Å². The summed E-state index contributed by atoms with van der Waals surface area (Å²) >= 11 is 6.27. The molecule has 1 saturated carbocycles. The van der Waals surface area contributed by atoms with Gasteiger partial charge >= 0.3 is 0 Å². The van der Waals surface area contributed by atoms with Crippen LogP contribution in [0.15, 0.2) is 18.2 Å². The number of rotatable bonds is 2. The maximum atomic E-state index is 9.38. The molecule has 0 spiro atoms. The number of hydrogen-bond acceptors (Lipinski definition) is 1. The minimum Gasteiger partial charge on any atom is -0.388 e. The third kappa shape index (κ3) is 2.58. The number of benzene rings is 1. The highest BCUT2D eigenvalue weighted by Gasteiger charge is 2.18. The van der Waals surface area contributed by atoms with E-state index >= 15 is 0 Å². The van der Waals surface area contributed by atoms with Gasteiger partial charge in [-0.2, -0.15) is 0 Å². The molecule has 1 atom stereocenters. The summed E-state index contributed by atoms with van der Waals surface area (Å²) in [5, 5.41) is 10.2. The molecule has 1 fully saturated rings. The molecule has 0 amide bonds. The topological polar surface area (TPSA) is 20.2 Å². The van der Waals surface area contributed by atoms with Crippen molar-refractivity contribution in [1.82, 2.24) is 0 Å². The summed E-state index contributed by atoms with van der Waals surface area (Å²) in [6, 6.07) is 5.85. The first-order chi connectivity index (χ1) is 7.68. The lowest BCUT2D eigenvalue weighted by molar-refractivity contribution is 0.226. The van der Waals surface area contributed by atoms with Crippen molar-refractivity contribution >= 4 is 11.6 Å². The second-order valence-electron chi connectivity index (χ2n) is 4.63. The van der Waals surface area contributed by atoms with Gasteiger partial charge in [-0.3, -0.25) is 0 Å². The van der Waals surface area contributed by atoms with E-state index in [9.17, 15) is 5.11 Å². The summed E-state index contributed by atoms with van der Waals surface area (Å²) in [7, 11) is 0. The van der Waals surface area contributed by atoms with Gasteiger partial charge in [0, 0.05) is 5.02 Å². The standard InChI is InChI=1S/C14H18ClO/c1-10(16)12-7-8-13(14(15)9-12)11-5-3-2-4-6-11/h7-11,16H,1-6H2. The van der Waals surface area contributed by atoms with Crippen molar-refractivity contribution in [3.8, 4) is 0 Å². The van der Waals surface area contributed by atoms with Gasteiger partial charge in [-0.25, -0.2) is 0 Å². The highest BCUT2D eigenvalue weighted by Crippen LogP contribution is 2.37. The Morgan fingerprint density at radius 2 is 1.94 bits per heavy atom. The minimum atomic E-state index is -0.682. The van der Waals surface area contributed by atoms with E-state index in [4.69, 9.17) is 11.6 Å². The van der Waals surface area contributed by atoms with Crippen LogP contribution in [0, 0.1) is 6.92 Å². The summed E-state index contributed by atoms with van der Waals surface area (Å²) < 4.78 is 0. The maximum absolute atomic E-state index is 9.38. The second kappa shape index (κ2) is 5.20. The lowest BCUT2D eigenvalue weighted by Gasteiger charge is -2.23. The number of halogens is 1. The molecule has 87 valence electrons. The highest BCUT2D eigenvalue weighted by atomic mass is 35.5. The van der Waals surface area contributed by atoms with Gasteiger partial charge in [-0.1, -0.05) is 43.0 Å². The first-order valence-electron chi connectivity index (χ1n) is 5.99. The maximum Gasteiger partial charge on any atom is 0.0791 e. The summed E-state index contributed by atoms with van der Waals surface area (Å²) in [5.74, 6) is 0.609. The van der Waals surface area contributed by atoms with Crippen LogP contribution in [0.3, 0.4) is 0 Å². The Morgan fingerprint density at radius 3 is 2.50 bits per heavy atom. The lowest BCUT2D eigenvalue weighted by atomic mass is 9.83. The van der Waals surface area contributed by atoms with Crippen molar-refractivity contribution < 1.29 is 5.11 Å². The fourth-order valence-corrected chi connectivity index (χ4v) is 2.84. The largest absolute Gasteiger partial charge is 0.388 e. The van der Waals surface area contributed by atoms with Gasteiger partial charge in [-0.05, 0) is 42.9 Å². The SMILES string of the molecule is [CH2]C(O)c1ccc(C2CCCCC2)c(Cl)c1. The van der Waals surface area contributed by atoms with Crippen LogP contribution in [0.4, 0.5) is 0 Å². The summed E-state index contributed by atoms with van der Waals surface area (Å²) in [5.41, 5.74) is 2.04. The summed E-state index contributed by atoms with van der Waals surface area (Å²) in [6.07, 6.45) is 5.77. The van der Waals surface area contributed by atoms with E-state index < -0.39 is 6.10 Å². The first-order valence-corrected chi connectivity index (χ1v) is 6.37. The van der Waals surface area contributed by atoms with Crippen LogP contribution in [0.5, 0.6) is 0 Å². The Labute approximate surface area is 102 Å². The molecule has 0 aliphatic heterocycles. The van der Waals surface area contributed by atoms with Gasteiger partial charge < -0.3 is 5.11 Å². The van der Waals surface area contributed by atoms with Crippen LogP contribution in [0.25, 0.3) is 0 Å². The van der Waals surface area contributed by atoms with Gasteiger partial charge in [0.1, 0.15) is 0 Å². The predicted molar refractivity (Wildman–Crippen MR) is 67.6 cm³/mol. The van der Waals surface area contributed by atoms with Crippen LogP contribution in [0.1, 0.15) is 55.3 Å². The Kier molecular flexibility index (Phi) is 3.88. The van der Waals surface area contributed by atoms with E-state index in [1.807, 2.05) is 12.1 Å². The summed E-state index contributed by atoms with van der Waals surface area (Å²) in [4.78, 5) is 0. The van der Waals surface area contributed by atoms with Crippen molar-refractivity contribution in [2.24, 2.45) is 0 Å². The van der Waals surface area contributed by atoms with Gasteiger partial charge in [-0.15, -0.1) is 0 Å². The smallest absolute Gasteiger partial charge is 0.0791 e. The van der Waals surface area contributed by atoms with Gasteiger partial charge in [0.15, 0.2) is 0 Å². The molecule has 1 unspecified atom stereocenters. The molecule has 1 radical (unpaired) electrons. The van der Waals surface area contributed by atoms with E-state index in [0.717, 1.165) is 10.6 Å². The second-order valence-corrected chi connectivity index (χ2v) is 5.04. The fraction of sp³-hybridized carbons (Fsp3) is 0.500. The number of aliphatic hydroxyl groups is 1. The molecule has 2 heteroatoms. The molecule has 1 aromatic rings. The Bertz CT molecular complexity index is 354. The van der Waals surface area contributed by atoms with Gasteiger partial charge in [0.2, 0.25) is 0 Å². The molecule has 0 heterocycles. The van der Waals surface area contributed by atoms with Crippen molar-refractivity contribution in [3.63, 3.8) is 0 Å². The quantitative estimate of drug-likeness (QED) is 0.815. The van der Waals surface area contributed by atoms with E-state index in [1.165, 1.54) is 37.7 Å². The zero-order valence-corrected chi connectivity index (χ0v) is 10.2. The van der Waals surface area contributed by atoms with E-state index in [2.05, 4.69) is 13.0 Å². The fourth-order valence-electron chi connectivity index (χ4n) is 2.50. The van der Waals surface area contributed by atoms with Crippen LogP contribution >= 0.6 is 11.6 Å². The zero-order valence-electron chi connectivity index (χ0n) is 9.45. The van der Waals surface area contributed by atoms with Crippen molar-refractivity contribution in [2.75, 3.05) is 0 Å². The normalized spacial score (nSPS) is 19.7. The predicted octanol–water partition coefficient (Wildman–Crippen LogP) is 4.26. The van der Waals surface area contributed by atoms with Crippen molar-refractivity contribution in [3.05, 3.63) is 41.3 Å². The Hall–Kier alpha value is -0.530. The van der Waals surface area contributed by atoms with Crippen molar-refractivity contribution in [1.29, 1.82) is 0 Å². The van der Waals surface area contributed by atoms with Gasteiger partial charge in [0.25, 0.3) is 0 Å². The molecule has 0 aromatic heterocycles. The molecule has 2 rings (SSSR count). The Morgan fingerprint density at radius 1 is 1.25 bits per heavy atom. The molecule has 16 heavy (non-hydrogen) atoms. The van der Waals surface area contributed by atoms with Crippen molar-refractivity contribution in [2.45, 2.75) is 44.1 Å².